The molecule has 1 atom stereocenters. The van der Waals surface area contributed by atoms with Gasteiger partial charge in [-0.05, 0) is 18.2 Å². The number of aromatic nitrogens is 3. The smallest absolute Gasteiger partial charge is 0.335 e. The Morgan fingerprint density at radius 2 is 1.89 bits per heavy atom. The Balaban J connectivity index is 1.59. The van der Waals surface area contributed by atoms with Gasteiger partial charge in [-0.2, -0.15) is 0 Å². The zero-order valence-corrected chi connectivity index (χ0v) is 14.9. The van der Waals surface area contributed by atoms with Crippen molar-refractivity contribution in [2.75, 3.05) is 44.7 Å². The highest BCUT2D eigenvalue weighted by Gasteiger charge is 2.37. The van der Waals surface area contributed by atoms with Gasteiger partial charge in [0.2, 0.25) is 11.9 Å². The number of nitrogens with zero attached hydrogens (tertiary/aromatic N) is 6. The monoisotopic (exact) mass is 368 g/mol. The Morgan fingerprint density at radius 1 is 1.11 bits per heavy atom. The first-order valence-electron chi connectivity index (χ1n) is 8.79. The lowest BCUT2D eigenvalue weighted by atomic mass is 10.1. The van der Waals surface area contributed by atoms with Gasteiger partial charge in [0, 0.05) is 52.2 Å². The van der Waals surface area contributed by atoms with Crippen LogP contribution in [0.4, 0.5) is 5.95 Å². The molecule has 27 heavy (non-hydrogen) atoms. The Morgan fingerprint density at radius 3 is 2.70 bits per heavy atom. The molecule has 2 fully saturated rings. The van der Waals surface area contributed by atoms with Crippen LogP contribution in [0.3, 0.4) is 0 Å². The molecule has 1 amide bonds. The first-order valence-corrected chi connectivity index (χ1v) is 8.79. The van der Waals surface area contributed by atoms with Gasteiger partial charge in [0.15, 0.2) is 0 Å². The SMILES string of the molecule is CN1CCN2CCN(c3nccc(-c4cc(C(=O)O)ccn4)n3)C[C@@H]2C1=O. The zero-order valence-electron chi connectivity index (χ0n) is 14.9. The molecule has 1 N–H and O–H groups in total. The molecule has 4 rings (SSSR count). The van der Waals surface area contributed by atoms with E-state index in [9.17, 15) is 9.59 Å². The Labute approximate surface area is 156 Å². The second-order valence-corrected chi connectivity index (χ2v) is 6.73. The van der Waals surface area contributed by atoms with Crippen molar-refractivity contribution in [3.05, 3.63) is 36.2 Å². The molecule has 2 saturated heterocycles. The fraction of sp³-hybridized carbons (Fsp3) is 0.389. The summed E-state index contributed by atoms with van der Waals surface area (Å²) in [6.07, 6.45) is 3.09. The summed E-state index contributed by atoms with van der Waals surface area (Å²) in [5.74, 6) is -0.363. The number of anilines is 1. The molecular weight excluding hydrogens is 348 g/mol. The minimum absolute atomic E-state index is 0.123. The number of carboxylic acid groups (broad SMARTS) is 1. The second kappa shape index (κ2) is 6.92. The lowest BCUT2D eigenvalue weighted by Gasteiger charge is -2.45. The number of pyridine rings is 1. The predicted molar refractivity (Wildman–Crippen MR) is 97.4 cm³/mol. The summed E-state index contributed by atoms with van der Waals surface area (Å²) in [5.41, 5.74) is 1.19. The average molecular weight is 368 g/mol. The number of carbonyl (C=O) groups excluding carboxylic acids is 1. The van der Waals surface area contributed by atoms with Crippen molar-refractivity contribution >= 4 is 17.8 Å². The molecule has 0 aliphatic carbocycles. The van der Waals surface area contributed by atoms with E-state index >= 15 is 0 Å². The molecule has 9 nitrogen and oxygen atoms in total. The lowest BCUT2D eigenvalue weighted by molar-refractivity contribution is -0.140. The van der Waals surface area contributed by atoms with E-state index in [1.165, 1.54) is 18.3 Å². The largest absolute Gasteiger partial charge is 0.478 e. The number of likely N-dealkylation sites (N-methyl/N-ethyl adjacent to an activating group) is 1. The standard InChI is InChI=1S/C18H20N6O3/c1-22-6-7-23-8-9-24(11-15(23)16(22)25)18-20-5-3-13(21-18)14-10-12(17(26)27)2-4-19-14/h2-5,10,15H,6-9,11H2,1H3,(H,26,27)/t15-/m1/s1. The molecule has 0 radical (unpaired) electrons. The van der Waals surface area contributed by atoms with Crippen LogP contribution in [0.15, 0.2) is 30.6 Å². The summed E-state index contributed by atoms with van der Waals surface area (Å²) in [6.45, 7) is 3.69. The quantitative estimate of drug-likeness (QED) is 0.820. The minimum Gasteiger partial charge on any atom is -0.478 e. The molecule has 9 heteroatoms. The minimum atomic E-state index is -1.01. The van der Waals surface area contributed by atoms with E-state index in [0.717, 1.165) is 26.2 Å². The van der Waals surface area contributed by atoms with Crippen molar-refractivity contribution in [2.45, 2.75) is 6.04 Å². The number of amides is 1. The van der Waals surface area contributed by atoms with E-state index < -0.39 is 5.97 Å². The van der Waals surface area contributed by atoms with Crippen molar-refractivity contribution in [3.8, 4) is 11.4 Å². The van der Waals surface area contributed by atoms with Gasteiger partial charge in [-0.15, -0.1) is 0 Å². The van der Waals surface area contributed by atoms with Crippen molar-refractivity contribution in [2.24, 2.45) is 0 Å². The number of carboxylic acids is 1. The van der Waals surface area contributed by atoms with Gasteiger partial charge in [-0.1, -0.05) is 0 Å². The van der Waals surface area contributed by atoms with Crippen LogP contribution < -0.4 is 4.90 Å². The maximum Gasteiger partial charge on any atom is 0.335 e. The van der Waals surface area contributed by atoms with Crippen LogP contribution in [0.25, 0.3) is 11.4 Å². The van der Waals surface area contributed by atoms with Gasteiger partial charge in [-0.3, -0.25) is 14.7 Å². The molecule has 140 valence electrons. The predicted octanol–water partition coefficient (Wildman–Crippen LogP) is 0.199. The van der Waals surface area contributed by atoms with Gasteiger partial charge in [0.25, 0.3) is 0 Å². The number of carbonyl (C=O) groups is 2. The molecule has 0 spiro atoms. The number of fused-ring (bicyclic) bond motifs is 1. The van der Waals surface area contributed by atoms with E-state index in [2.05, 4.69) is 19.9 Å². The molecule has 2 aromatic rings. The number of aromatic carboxylic acids is 1. The van der Waals surface area contributed by atoms with E-state index in [1.807, 2.05) is 11.9 Å². The Hall–Kier alpha value is -3.07. The van der Waals surface area contributed by atoms with E-state index in [4.69, 9.17) is 5.11 Å². The molecule has 2 aromatic heterocycles. The molecule has 0 saturated carbocycles. The summed E-state index contributed by atoms with van der Waals surface area (Å²) in [7, 11) is 1.83. The highest BCUT2D eigenvalue weighted by molar-refractivity contribution is 5.88. The third-order valence-corrected chi connectivity index (χ3v) is 5.07. The molecule has 0 aromatic carbocycles. The summed E-state index contributed by atoms with van der Waals surface area (Å²) in [6, 6.07) is 4.45. The number of hydrogen-bond acceptors (Lipinski definition) is 7. The van der Waals surface area contributed by atoms with Crippen molar-refractivity contribution in [3.63, 3.8) is 0 Å². The fourth-order valence-corrected chi connectivity index (χ4v) is 3.49. The maximum absolute atomic E-state index is 12.5. The third kappa shape index (κ3) is 3.33. The topological polar surface area (TPSA) is 103 Å². The molecule has 2 aliphatic rings. The maximum atomic E-state index is 12.5. The molecular formula is C18H20N6O3. The first kappa shape index (κ1) is 17.3. The Kier molecular flexibility index (Phi) is 4.44. The van der Waals surface area contributed by atoms with Crippen molar-refractivity contribution in [1.29, 1.82) is 0 Å². The average Bonchev–Trinajstić information content (AvgIpc) is 2.71. The fourth-order valence-electron chi connectivity index (χ4n) is 3.49. The van der Waals surface area contributed by atoms with Crippen LogP contribution in [0.1, 0.15) is 10.4 Å². The van der Waals surface area contributed by atoms with Gasteiger partial charge >= 0.3 is 5.97 Å². The highest BCUT2D eigenvalue weighted by atomic mass is 16.4. The second-order valence-electron chi connectivity index (χ2n) is 6.73. The highest BCUT2D eigenvalue weighted by Crippen LogP contribution is 2.22. The van der Waals surface area contributed by atoms with Gasteiger partial charge in [0.1, 0.15) is 6.04 Å². The van der Waals surface area contributed by atoms with E-state index in [1.54, 1.807) is 17.2 Å². The van der Waals surface area contributed by atoms with Crippen molar-refractivity contribution in [1.82, 2.24) is 24.8 Å². The van der Waals surface area contributed by atoms with Crippen molar-refractivity contribution < 1.29 is 14.7 Å². The van der Waals surface area contributed by atoms with Crippen LogP contribution in [0, 0.1) is 0 Å². The summed E-state index contributed by atoms with van der Waals surface area (Å²) >= 11 is 0. The van der Waals surface area contributed by atoms with Crippen LogP contribution in [0.2, 0.25) is 0 Å². The van der Waals surface area contributed by atoms with Gasteiger partial charge < -0.3 is 14.9 Å². The first-order chi connectivity index (χ1) is 13.0. The van der Waals surface area contributed by atoms with Crippen LogP contribution in [0.5, 0.6) is 0 Å². The molecule has 4 heterocycles. The van der Waals surface area contributed by atoms with Crippen LogP contribution >= 0.6 is 0 Å². The summed E-state index contributed by atoms with van der Waals surface area (Å²) in [4.78, 5) is 42.8. The number of rotatable bonds is 3. The van der Waals surface area contributed by atoms with E-state index in [-0.39, 0.29) is 17.5 Å². The normalized spacial score (nSPS) is 20.5. The third-order valence-electron chi connectivity index (χ3n) is 5.07. The Bertz CT molecular complexity index is 889. The van der Waals surface area contributed by atoms with Crippen LogP contribution in [-0.4, -0.2) is 87.5 Å². The summed E-state index contributed by atoms with van der Waals surface area (Å²) in [5, 5.41) is 9.16. The summed E-state index contributed by atoms with van der Waals surface area (Å²) < 4.78 is 0. The molecule has 2 aliphatic heterocycles. The van der Waals surface area contributed by atoms with Gasteiger partial charge in [-0.25, -0.2) is 14.8 Å². The van der Waals surface area contributed by atoms with E-state index in [0.29, 0.717) is 23.9 Å². The molecule has 0 unspecified atom stereocenters. The molecule has 0 bridgehead atoms. The lowest BCUT2D eigenvalue weighted by Crippen LogP contribution is -2.64. The number of piperazine rings is 2. The van der Waals surface area contributed by atoms with Crippen LogP contribution in [-0.2, 0) is 4.79 Å². The van der Waals surface area contributed by atoms with Gasteiger partial charge in [0.05, 0.1) is 17.0 Å². The zero-order chi connectivity index (χ0) is 19.0. The number of hydrogen-bond donors (Lipinski definition) is 1.